The van der Waals surface area contributed by atoms with E-state index in [9.17, 15) is 14.0 Å². The van der Waals surface area contributed by atoms with Crippen LogP contribution >= 0.6 is 0 Å². The van der Waals surface area contributed by atoms with Crippen LogP contribution in [0.4, 0.5) is 10.1 Å². The lowest BCUT2D eigenvalue weighted by Gasteiger charge is -2.34. The summed E-state index contributed by atoms with van der Waals surface area (Å²) in [5.74, 6) is -0.726. The fourth-order valence-electron chi connectivity index (χ4n) is 2.63. The van der Waals surface area contributed by atoms with Gasteiger partial charge in [-0.3, -0.25) is 14.5 Å². The number of esters is 1. The first kappa shape index (κ1) is 16.4. The summed E-state index contributed by atoms with van der Waals surface area (Å²) in [7, 11) is 1.40. The van der Waals surface area contributed by atoms with E-state index < -0.39 is 0 Å². The van der Waals surface area contributed by atoms with E-state index in [2.05, 4.69) is 5.32 Å². The molecule has 0 unspecified atom stereocenters. The number of nitrogens with zero attached hydrogens (tertiary/aromatic N) is 1. The molecule has 5 nitrogen and oxygen atoms in total. The second kappa shape index (κ2) is 7.35. The Labute approximate surface area is 129 Å². The van der Waals surface area contributed by atoms with Crippen molar-refractivity contribution < 1.29 is 18.7 Å². The van der Waals surface area contributed by atoms with E-state index in [1.807, 2.05) is 11.8 Å². The number of methoxy groups -OCH3 is 1. The first-order chi connectivity index (χ1) is 10.5. The van der Waals surface area contributed by atoms with Crippen molar-refractivity contribution in [3.05, 3.63) is 30.1 Å². The lowest BCUT2D eigenvalue weighted by atomic mass is 9.96. The van der Waals surface area contributed by atoms with Gasteiger partial charge >= 0.3 is 5.97 Å². The standard InChI is InChI=1S/C16H21FN2O3/c1-11(15(20)18-14-5-3-13(17)4-6-14)19-9-7-12(8-10-19)16(21)22-2/h3-6,11-12H,7-10H2,1-2H3,(H,18,20)/t11-/m1/s1. The van der Waals surface area contributed by atoms with Crippen molar-refractivity contribution in [1.29, 1.82) is 0 Å². The molecule has 1 heterocycles. The van der Waals surface area contributed by atoms with Crippen LogP contribution in [0.15, 0.2) is 24.3 Å². The van der Waals surface area contributed by atoms with E-state index in [4.69, 9.17) is 4.74 Å². The van der Waals surface area contributed by atoms with E-state index in [1.165, 1.54) is 31.4 Å². The first-order valence-electron chi connectivity index (χ1n) is 7.39. The highest BCUT2D eigenvalue weighted by Crippen LogP contribution is 2.20. The maximum absolute atomic E-state index is 12.8. The number of anilines is 1. The van der Waals surface area contributed by atoms with Crippen LogP contribution < -0.4 is 5.32 Å². The summed E-state index contributed by atoms with van der Waals surface area (Å²) in [5, 5.41) is 2.77. The maximum Gasteiger partial charge on any atom is 0.308 e. The smallest absolute Gasteiger partial charge is 0.308 e. The summed E-state index contributed by atoms with van der Waals surface area (Å²) in [4.78, 5) is 25.8. The van der Waals surface area contributed by atoms with Crippen LogP contribution in [0.5, 0.6) is 0 Å². The summed E-state index contributed by atoms with van der Waals surface area (Å²) < 4.78 is 17.6. The normalized spacial score (nSPS) is 17.8. The minimum atomic E-state index is -0.337. The van der Waals surface area contributed by atoms with Crippen LogP contribution in [-0.4, -0.2) is 43.0 Å². The third kappa shape index (κ3) is 4.04. The third-order valence-electron chi connectivity index (χ3n) is 4.10. The van der Waals surface area contributed by atoms with Gasteiger partial charge in [0, 0.05) is 5.69 Å². The Bertz CT molecular complexity index is 525. The molecule has 1 aromatic carbocycles. The minimum Gasteiger partial charge on any atom is -0.469 e. The highest BCUT2D eigenvalue weighted by Gasteiger charge is 2.30. The molecule has 2 rings (SSSR count). The van der Waals surface area contributed by atoms with Crippen LogP contribution in [0.1, 0.15) is 19.8 Å². The van der Waals surface area contributed by atoms with Crippen molar-refractivity contribution in [2.24, 2.45) is 5.92 Å². The zero-order valence-corrected chi connectivity index (χ0v) is 12.8. The molecule has 1 N–H and O–H groups in total. The number of amides is 1. The predicted molar refractivity (Wildman–Crippen MR) is 80.8 cm³/mol. The molecule has 1 atom stereocenters. The molecule has 1 aliphatic heterocycles. The van der Waals surface area contributed by atoms with Gasteiger partial charge in [-0.2, -0.15) is 0 Å². The Hall–Kier alpha value is -1.95. The average Bonchev–Trinajstić information content (AvgIpc) is 2.55. The van der Waals surface area contributed by atoms with Crippen LogP contribution in [-0.2, 0) is 14.3 Å². The van der Waals surface area contributed by atoms with E-state index in [0.717, 1.165) is 0 Å². The third-order valence-corrected chi connectivity index (χ3v) is 4.10. The lowest BCUT2D eigenvalue weighted by Crippen LogP contribution is -2.47. The van der Waals surface area contributed by atoms with Crippen molar-refractivity contribution >= 4 is 17.6 Å². The van der Waals surface area contributed by atoms with Gasteiger partial charge in [0.15, 0.2) is 0 Å². The molecule has 120 valence electrons. The van der Waals surface area contributed by atoms with Gasteiger partial charge < -0.3 is 10.1 Å². The van der Waals surface area contributed by atoms with Crippen LogP contribution in [0.2, 0.25) is 0 Å². The highest BCUT2D eigenvalue weighted by molar-refractivity contribution is 5.94. The summed E-state index contributed by atoms with van der Waals surface area (Å²) in [6.07, 6.45) is 1.39. The Morgan fingerprint density at radius 1 is 1.27 bits per heavy atom. The van der Waals surface area contributed by atoms with Crippen molar-refractivity contribution in [3.63, 3.8) is 0 Å². The molecule has 0 saturated carbocycles. The van der Waals surface area contributed by atoms with Crippen molar-refractivity contribution in [2.75, 3.05) is 25.5 Å². The quantitative estimate of drug-likeness (QED) is 0.865. The SMILES string of the molecule is COC(=O)C1CCN([C@H](C)C(=O)Nc2ccc(F)cc2)CC1. The van der Waals surface area contributed by atoms with Gasteiger partial charge in [0.05, 0.1) is 19.1 Å². The van der Waals surface area contributed by atoms with Crippen molar-refractivity contribution in [3.8, 4) is 0 Å². The number of halogens is 1. The largest absolute Gasteiger partial charge is 0.469 e. The summed E-state index contributed by atoms with van der Waals surface area (Å²) in [6, 6.07) is 5.38. The number of hydrogen-bond acceptors (Lipinski definition) is 4. The van der Waals surface area contributed by atoms with E-state index in [1.54, 1.807) is 0 Å². The monoisotopic (exact) mass is 308 g/mol. The van der Waals surface area contributed by atoms with Gasteiger partial charge in [-0.1, -0.05) is 0 Å². The summed E-state index contributed by atoms with van der Waals surface area (Å²) >= 11 is 0. The molecule has 0 radical (unpaired) electrons. The number of hydrogen-bond donors (Lipinski definition) is 1. The molecule has 1 fully saturated rings. The second-order valence-electron chi connectivity index (χ2n) is 5.51. The van der Waals surface area contributed by atoms with Crippen molar-refractivity contribution in [1.82, 2.24) is 4.90 Å². The molecule has 0 spiro atoms. The number of benzene rings is 1. The molecule has 1 saturated heterocycles. The Morgan fingerprint density at radius 3 is 2.41 bits per heavy atom. The van der Waals surface area contributed by atoms with Gasteiger partial charge in [0.1, 0.15) is 5.82 Å². The fourth-order valence-corrected chi connectivity index (χ4v) is 2.63. The van der Waals surface area contributed by atoms with E-state index in [0.29, 0.717) is 31.6 Å². The number of likely N-dealkylation sites (tertiary alicyclic amines) is 1. The molecule has 1 aliphatic rings. The number of ether oxygens (including phenoxy) is 1. The summed E-state index contributed by atoms with van der Waals surface area (Å²) in [5.41, 5.74) is 0.572. The number of nitrogens with one attached hydrogen (secondary N) is 1. The van der Waals surface area contributed by atoms with Gasteiger partial charge in [0.2, 0.25) is 5.91 Å². The molecule has 6 heteroatoms. The zero-order chi connectivity index (χ0) is 16.1. The maximum atomic E-state index is 12.8. The molecule has 0 bridgehead atoms. The molecule has 1 aromatic rings. The topological polar surface area (TPSA) is 58.6 Å². The molecular formula is C16H21FN2O3. The number of carbonyl (C=O) groups excluding carboxylic acids is 2. The number of piperidine rings is 1. The number of rotatable bonds is 4. The minimum absolute atomic E-state index is 0.0754. The molecule has 22 heavy (non-hydrogen) atoms. The van der Waals surface area contributed by atoms with Crippen LogP contribution in [0, 0.1) is 11.7 Å². The van der Waals surface area contributed by atoms with Gasteiger partial charge in [-0.25, -0.2) is 4.39 Å². The van der Waals surface area contributed by atoms with Crippen molar-refractivity contribution in [2.45, 2.75) is 25.8 Å². The first-order valence-corrected chi connectivity index (χ1v) is 7.39. The van der Waals surface area contributed by atoms with Gasteiger partial charge in [-0.15, -0.1) is 0 Å². The molecule has 0 aliphatic carbocycles. The molecule has 0 aromatic heterocycles. The van der Waals surface area contributed by atoms with Gasteiger partial charge in [0.25, 0.3) is 0 Å². The lowest BCUT2D eigenvalue weighted by molar-refractivity contribution is -0.147. The average molecular weight is 308 g/mol. The number of carbonyl (C=O) groups is 2. The molecular weight excluding hydrogens is 287 g/mol. The Morgan fingerprint density at radius 2 is 1.86 bits per heavy atom. The van der Waals surface area contributed by atoms with E-state index in [-0.39, 0.29) is 29.7 Å². The second-order valence-corrected chi connectivity index (χ2v) is 5.51. The highest BCUT2D eigenvalue weighted by atomic mass is 19.1. The van der Waals surface area contributed by atoms with Gasteiger partial charge in [-0.05, 0) is 57.1 Å². The summed E-state index contributed by atoms with van der Waals surface area (Å²) in [6.45, 7) is 3.19. The van der Waals surface area contributed by atoms with Crippen LogP contribution in [0.3, 0.4) is 0 Å². The zero-order valence-electron chi connectivity index (χ0n) is 12.8. The van der Waals surface area contributed by atoms with E-state index >= 15 is 0 Å². The Balaban J connectivity index is 1.86. The van der Waals surface area contributed by atoms with Crippen LogP contribution in [0.25, 0.3) is 0 Å². The molecule has 1 amide bonds. The fraction of sp³-hybridized carbons (Fsp3) is 0.500. The Kier molecular flexibility index (Phi) is 5.49. The predicted octanol–water partition coefficient (Wildman–Crippen LogP) is 2.04.